The minimum Gasteiger partial charge on any atom is -0.484 e. The van der Waals surface area contributed by atoms with Gasteiger partial charge in [-0.3, -0.25) is 9.59 Å². The van der Waals surface area contributed by atoms with Crippen LogP contribution in [0, 0.1) is 11.8 Å². The normalized spacial score (nSPS) is 25.5. The number of hydrogen-bond donors (Lipinski definition) is 0. The van der Waals surface area contributed by atoms with Gasteiger partial charge in [-0.2, -0.15) is 0 Å². The second kappa shape index (κ2) is 9.19. The van der Waals surface area contributed by atoms with Crippen LogP contribution in [0.4, 0.5) is 0 Å². The summed E-state index contributed by atoms with van der Waals surface area (Å²) >= 11 is 0. The average Bonchev–Trinajstić information content (AvgIpc) is 3.59. The fraction of sp³-hybridized carbons (Fsp3) is 0.667. The fourth-order valence-corrected chi connectivity index (χ4v) is 4.87. The number of hydrogen-bond acceptors (Lipinski definition) is 3. The summed E-state index contributed by atoms with van der Waals surface area (Å²) in [7, 11) is 0. The molecule has 5 heteroatoms. The monoisotopic (exact) mass is 398 g/mol. The molecule has 4 rings (SSSR count). The van der Waals surface area contributed by atoms with Crippen molar-refractivity contribution in [3.05, 3.63) is 30.3 Å². The van der Waals surface area contributed by atoms with Crippen molar-refractivity contribution in [2.75, 3.05) is 19.7 Å². The molecule has 1 aromatic rings. The van der Waals surface area contributed by atoms with Crippen molar-refractivity contribution >= 4 is 11.8 Å². The lowest BCUT2D eigenvalue weighted by Gasteiger charge is -2.40. The number of ether oxygens (including phenoxy) is 1. The van der Waals surface area contributed by atoms with Gasteiger partial charge in [0.2, 0.25) is 5.91 Å². The van der Waals surface area contributed by atoms with Crippen molar-refractivity contribution in [1.82, 2.24) is 9.80 Å². The SMILES string of the molecule is CC1CCC(N(C(=O)C2CCN(C(=O)COc3ccccc3)CC2)C2CC2)CC1. The molecule has 1 aliphatic heterocycles. The van der Waals surface area contributed by atoms with Crippen molar-refractivity contribution in [2.24, 2.45) is 11.8 Å². The zero-order valence-corrected chi connectivity index (χ0v) is 17.6. The number of benzene rings is 1. The van der Waals surface area contributed by atoms with Crippen molar-refractivity contribution in [2.45, 2.75) is 70.4 Å². The third-order valence-electron chi connectivity index (χ3n) is 6.88. The second-order valence-electron chi connectivity index (χ2n) is 9.15. The first-order valence-corrected chi connectivity index (χ1v) is 11.4. The van der Waals surface area contributed by atoms with Crippen LogP contribution in [0.2, 0.25) is 0 Å². The molecule has 0 N–H and O–H groups in total. The summed E-state index contributed by atoms with van der Waals surface area (Å²) in [5.41, 5.74) is 0. The van der Waals surface area contributed by atoms with E-state index in [-0.39, 0.29) is 18.4 Å². The molecule has 158 valence electrons. The van der Waals surface area contributed by atoms with E-state index < -0.39 is 0 Å². The van der Waals surface area contributed by atoms with Gasteiger partial charge < -0.3 is 14.5 Å². The molecule has 2 aliphatic carbocycles. The summed E-state index contributed by atoms with van der Waals surface area (Å²) < 4.78 is 5.59. The summed E-state index contributed by atoms with van der Waals surface area (Å²) in [6.45, 7) is 3.71. The van der Waals surface area contributed by atoms with Crippen LogP contribution in [0.1, 0.15) is 58.3 Å². The van der Waals surface area contributed by atoms with Gasteiger partial charge in [-0.05, 0) is 69.4 Å². The van der Waals surface area contributed by atoms with E-state index in [2.05, 4.69) is 11.8 Å². The molecule has 3 fully saturated rings. The van der Waals surface area contributed by atoms with Gasteiger partial charge in [0.05, 0.1) is 0 Å². The van der Waals surface area contributed by atoms with Gasteiger partial charge in [0, 0.05) is 31.1 Å². The fourth-order valence-electron chi connectivity index (χ4n) is 4.87. The van der Waals surface area contributed by atoms with E-state index in [0.29, 0.717) is 36.8 Å². The van der Waals surface area contributed by atoms with E-state index in [1.165, 1.54) is 25.7 Å². The molecule has 0 atom stereocenters. The van der Waals surface area contributed by atoms with E-state index in [9.17, 15) is 9.59 Å². The van der Waals surface area contributed by atoms with Crippen LogP contribution < -0.4 is 4.74 Å². The molecule has 0 unspecified atom stereocenters. The lowest BCUT2D eigenvalue weighted by molar-refractivity contribution is -0.144. The van der Waals surface area contributed by atoms with Gasteiger partial charge in [0.15, 0.2) is 6.61 Å². The molecule has 1 heterocycles. The Morgan fingerprint density at radius 2 is 1.52 bits per heavy atom. The van der Waals surface area contributed by atoms with Crippen molar-refractivity contribution in [3.63, 3.8) is 0 Å². The molecule has 0 spiro atoms. The Hall–Kier alpha value is -2.04. The van der Waals surface area contributed by atoms with Crippen molar-refractivity contribution in [3.8, 4) is 5.75 Å². The number of carbonyl (C=O) groups is 2. The lowest BCUT2D eigenvalue weighted by Crippen LogP contribution is -2.49. The van der Waals surface area contributed by atoms with E-state index >= 15 is 0 Å². The molecule has 0 aromatic heterocycles. The third kappa shape index (κ3) is 5.12. The summed E-state index contributed by atoms with van der Waals surface area (Å²) in [6.07, 6.45) is 8.72. The quantitative estimate of drug-likeness (QED) is 0.731. The van der Waals surface area contributed by atoms with Crippen molar-refractivity contribution < 1.29 is 14.3 Å². The largest absolute Gasteiger partial charge is 0.484 e. The zero-order valence-electron chi connectivity index (χ0n) is 17.6. The number of nitrogens with zero attached hydrogens (tertiary/aromatic N) is 2. The first-order chi connectivity index (χ1) is 14.1. The minimum absolute atomic E-state index is 0.0140. The number of rotatable bonds is 6. The summed E-state index contributed by atoms with van der Waals surface area (Å²) in [5.74, 6) is 1.97. The smallest absolute Gasteiger partial charge is 0.260 e. The number of likely N-dealkylation sites (tertiary alicyclic amines) is 1. The van der Waals surface area contributed by atoms with E-state index in [1.54, 1.807) is 0 Å². The molecule has 0 radical (unpaired) electrons. The first-order valence-electron chi connectivity index (χ1n) is 11.4. The average molecular weight is 399 g/mol. The summed E-state index contributed by atoms with van der Waals surface area (Å²) in [6, 6.07) is 10.4. The van der Waals surface area contributed by atoms with Crippen molar-refractivity contribution in [1.29, 1.82) is 0 Å². The number of piperidine rings is 1. The maximum atomic E-state index is 13.3. The van der Waals surface area contributed by atoms with Crippen LogP contribution >= 0.6 is 0 Å². The van der Waals surface area contributed by atoms with Crippen LogP contribution in [0.3, 0.4) is 0 Å². The van der Waals surface area contributed by atoms with Crippen LogP contribution in [0.15, 0.2) is 30.3 Å². The highest BCUT2D eigenvalue weighted by molar-refractivity contribution is 5.81. The summed E-state index contributed by atoms with van der Waals surface area (Å²) in [5, 5.41) is 0. The lowest BCUT2D eigenvalue weighted by atomic mass is 9.85. The molecule has 29 heavy (non-hydrogen) atoms. The number of amides is 2. The minimum atomic E-state index is 0.0140. The molecule has 2 amide bonds. The topological polar surface area (TPSA) is 49.9 Å². The highest BCUT2D eigenvalue weighted by Crippen LogP contribution is 2.37. The van der Waals surface area contributed by atoms with Gasteiger partial charge in [0.25, 0.3) is 5.91 Å². The maximum absolute atomic E-state index is 13.3. The Labute approximate surface area is 174 Å². The zero-order chi connectivity index (χ0) is 20.2. The van der Waals surface area contributed by atoms with E-state index in [4.69, 9.17) is 4.74 Å². The molecule has 5 nitrogen and oxygen atoms in total. The van der Waals surface area contributed by atoms with Crippen LogP contribution in [0.25, 0.3) is 0 Å². The Morgan fingerprint density at radius 3 is 2.10 bits per heavy atom. The molecule has 1 aromatic carbocycles. The van der Waals surface area contributed by atoms with Crippen LogP contribution in [-0.2, 0) is 9.59 Å². The molecular formula is C24H34N2O3. The molecule has 2 saturated carbocycles. The Bertz CT molecular complexity index is 687. The molecule has 3 aliphatic rings. The first kappa shape index (κ1) is 20.2. The molecule has 1 saturated heterocycles. The molecular weight excluding hydrogens is 364 g/mol. The van der Waals surface area contributed by atoms with Crippen LogP contribution in [0.5, 0.6) is 5.75 Å². The predicted octanol–water partition coefficient (Wildman–Crippen LogP) is 3.87. The highest BCUT2D eigenvalue weighted by Gasteiger charge is 2.41. The van der Waals surface area contributed by atoms with Gasteiger partial charge in [-0.25, -0.2) is 0 Å². The van der Waals surface area contributed by atoms with E-state index in [0.717, 1.165) is 31.6 Å². The van der Waals surface area contributed by atoms with Gasteiger partial charge >= 0.3 is 0 Å². The number of para-hydroxylation sites is 1. The van der Waals surface area contributed by atoms with E-state index in [1.807, 2.05) is 35.2 Å². The van der Waals surface area contributed by atoms with Gasteiger partial charge in [-0.1, -0.05) is 25.1 Å². The second-order valence-corrected chi connectivity index (χ2v) is 9.15. The Morgan fingerprint density at radius 1 is 0.931 bits per heavy atom. The standard InChI is InChI=1S/C24H34N2O3/c1-18-7-9-20(10-8-18)26(21-11-12-21)24(28)19-13-15-25(16-14-19)23(27)17-29-22-5-3-2-4-6-22/h2-6,18-21H,7-17H2,1H3. The maximum Gasteiger partial charge on any atom is 0.260 e. The Balaban J connectivity index is 1.27. The van der Waals surface area contributed by atoms with Gasteiger partial charge in [0.1, 0.15) is 5.75 Å². The van der Waals surface area contributed by atoms with Crippen LogP contribution in [-0.4, -0.2) is 53.4 Å². The third-order valence-corrected chi connectivity index (χ3v) is 6.88. The highest BCUT2D eigenvalue weighted by atomic mass is 16.5. The Kier molecular flexibility index (Phi) is 6.41. The predicted molar refractivity (Wildman–Crippen MR) is 113 cm³/mol. The number of carbonyl (C=O) groups excluding carboxylic acids is 2. The summed E-state index contributed by atoms with van der Waals surface area (Å²) in [4.78, 5) is 30.0. The molecule has 0 bridgehead atoms. The van der Waals surface area contributed by atoms with Gasteiger partial charge in [-0.15, -0.1) is 0 Å².